The van der Waals surface area contributed by atoms with Gasteiger partial charge in [0.15, 0.2) is 0 Å². The quantitative estimate of drug-likeness (QED) is 0.463. The van der Waals surface area contributed by atoms with E-state index in [1.807, 2.05) is 6.08 Å². The standard InChI is InChI=1S/C11H16O/c1-3-9(2)11-7-5-4-6-10(11)8-12/h3,5,7-11H,1,4,6H2,2H3. The number of hydrogen-bond acceptors (Lipinski definition) is 1. The molecular weight excluding hydrogens is 148 g/mol. The molecule has 0 aliphatic heterocycles. The van der Waals surface area contributed by atoms with Crippen molar-refractivity contribution in [2.24, 2.45) is 17.8 Å². The number of carbonyl (C=O) groups is 1. The first-order chi connectivity index (χ1) is 5.79. The normalized spacial score (nSPS) is 31.1. The average molecular weight is 164 g/mol. The van der Waals surface area contributed by atoms with Crippen LogP contribution in [0.4, 0.5) is 0 Å². The van der Waals surface area contributed by atoms with E-state index in [4.69, 9.17) is 0 Å². The zero-order valence-electron chi connectivity index (χ0n) is 7.57. The minimum absolute atomic E-state index is 0.211. The number of hydrogen-bond donors (Lipinski definition) is 0. The predicted molar refractivity (Wildman–Crippen MR) is 50.8 cm³/mol. The molecule has 1 heteroatoms. The van der Waals surface area contributed by atoms with E-state index in [1.54, 1.807) is 0 Å². The van der Waals surface area contributed by atoms with Gasteiger partial charge in [0, 0.05) is 5.92 Å². The Morgan fingerprint density at radius 3 is 3.00 bits per heavy atom. The summed E-state index contributed by atoms with van der Waals surface area (Å²) in [5.41, 5.74) is 0. The molecule has 1 aliphatic rings. The smallest absolute Gasteiger partial charge is 0.123 e. The molecule has 66 valence electrons. The van der Waals surface area contributed by atoms with Crippen molar-refractivity contribution in [3.63, 3.8) is 0 Å². The van der Waals surface area contributed by atoms with Gasteiger partial charge in [0.1, 0.15) is 6.29 Å². The lowest BCUT2D eigenvalue weighted by atomic mass is 9.78. The van der Waals surface area contributed by atoms with E-state index in [0.717, 1.165) is 19.1 Å². The number of allylic oxidation sites excluding steroid dienone is 3. The molecule has 0 heterocycles. The second kappa shape index (κ2) is 4.24. The van der Waals surface area contributed by atoms with Gasteiger partial charge in [-0.05, 0) is 24.7 Å². The summed E-state index contributed by atoms with van der Waals surface area (Å²) in [4.78, 5) is 10.7. The average Bonchev–Trinajstić information content (AvgIpc) is 2.16. The van der Waals surface area contributed by atoms with Crippen molar-refractivity contribution in [3.05, 3.63) is 24.8 Å². The van der Waals surface area contributed by atoms with E-state index in [1.165, 1.54) is 0 Å². The third-order valence-electron chi connectivity index (χ3n) is 2.67. The summed E-state index contributed by atoms with van der Waals surface area (Å²) in [6.07, 6.45) is 9.40. The van der Waals surface area contributed by atoms with E-state index in [2.05, 4.69) is 25.7 Å². The molecule has 1 nitrogen and oxygen atoms in total. The molecule has 0 radical (unpaired) electrons. The van der Waals surface area contributed by atoms with Crippen molar-refractivity contribution in [2.45, 2.75) is 19.8 Å². The number of rotatable bonds is 3. The molecule has 0 bridgehead atoms. The monoisotopic (exact) mass is 164 g/mol. The Morgan fingerprint density at radius 1 is 1.67 bits per heavy atom. The summed E-state index contributed by atoms with van der Waals surface area (Å²) in [5, 5.41) is 0. The highest BCUT2D eigenvalue weighted by Crippen LogP contribution is 2.29. The molecule has 3 unspecified atom stereocenters. The van der Waals surface area contributed by atoms with Crippen LogP contribution in [0.5, 0.6) is 0 Å². The third-order valence-corrected chi connectivity index (χ3v) is 2.67. The summed E-state index contributed by atoms with van der Waals surface area (Å²) in [5.74, 6) is 1.01. The van der Waals surface area contributed by atoms with E-state index in [9.17, 15) is 4.79 Å². The molecule has 0 aromatic rings. The SMILES string of the molecule is C=CC(C)C1C=CCCC1C=O. The summed E-state index contributed by atoms with van der Waals surface area (Å²) in [7, 11) is 0. The Hall–Kier alpha value is -0.850. The van der Waals surface area contributed by atoms with Gasteiger partial charge in [-0.2, -0.15) is 0 Å². The maximum atomic E-state index is 10.7. The van der Waals surface area contributed by atoms with Gasteiger partial charge < -0.3 is 4.79 Å². The van der Waals surface area contributed by atoms with Crippen LogP contribution < -0.4 is 0 Å². The highest BCUT2D eigenvalue weighted by atomic mass is 16.1. The maximum Gasteiger partial charge on any atom is 0.123 e. The molecule has 0 saturated heterocycles. The van der Waals surface area contributed by atoms with Crippen LogP contribution in [-0.4, -0.2) is 6.29 Å². The molecule has 0 spiro atoms. The van der Waals surface area contributed by atoms with Crippen LogP contribution in [-0.2, 0) is 4.79 Å². The maximum absolute atomic E-state index is 10.7. The molecule has 0 amide bonds. The van der Waals surface area contributed by atoms with Crippen LogP contribution >= 0.6 is 0 Å². The Labute approximate surface area is 74.2 Å². The van der Waals surface area contributed by atoms with Gasteiger partial charge in [-0.25, -0.2) is 0 Å². The van der Waals surface area contributed by atoms with E-state index in [-0.39, 0.29) is 5.92 Å². The molecule has 1 rings (SSSR count). The van der Waals surface area contributed by atoms with Crippen LogP contribution in [0.2, 0.25) is 0 Å². The first kappa shape index (κ1) is 9.24. The van der Waals surface area contributed by atoms with Crippen molar-refractivity contribution in [1.29, 1.82) is 0 Å². The summed E-state index contributed by atoms with van der Waals surface area (Å²) in [6, 6.07) is 0. The molecule has 0 aromatic carbocycles. The van der Waals surface area contributed by atoms with Gasteiger partial charge in [-0.3, -0.25) is 0 Å². The zero-order valence-corrected chi connectivity index (χ0v) is 7.57. The minimum Gasteiger partial charge on any atom is -0.303 e. The van der Waals surface area contributed by atoms with Crippen LogP contribution in [0.3, 0.4) is 0 Å². The minimum atomic E-state index is 0.211. The Balaban J connectivity index is 2.69. The van der Waals surface area contributed by atoms with Gasteiger partial charge in [0.25, 0.3) is 0 Å². The molecule has 3 atom stereocenters. The fourth-order valence-electron chi connectivity index (χ4n) is 1.76. The summed E-state index contributed by atoms with van der Waals surface area (Å²) in [6.45, 7) is 5.87. The van der Waals surface area contributed by atoms with Crippen molar-refractivity contribution in [1.82, 2.24) is 0 Å². The number of carbonyl (C=O) groups excluding carboxylic acids is 1. The zero-order chi connectivity index (χ0) is 8.97. The molecule has 0 fully saturated rings. The van der Waals surface area contributed by atoms with Crippen LogP contribution in [0.15, 0.2) is 24.8 Å². The van der Waals surface area contributed by atoms with E-state index in [0.29, 0.717) is 11.8 Å². The topological polar surface area (TPSA) is 17.1 Å². The molecule has 0 saturated carbocycles. The van der Waals surface area contributed by atoms with Crippen molar-refractivity contribution in [3.8, 4) is 0 Å². The predicted octanol–water partition coefficient (Wildman–Crippen LogP) is 2.59. The van der Waals surface area contributed by atoms with Gasteiger partial charge in [-0.15, -0.1) is 6.58 Å². The van der Waals surface area contributed by atoms with Gasteiger partial charge in [0.05, 0.1) is 0 Å². The van der Waals surface area contributed by atoms with Crippen molar-refractivity contribution in [2.75, 3.05) is 0 Å². The molecule has 0 aromatic heterocycles. The molecule has 0 N–H and O–H groups in total. The Bertz CT molecular complexity index is 193. The van der Waals surface area contributed by atoms with E-state index >= 15 is 0 Å². The van der Waals surface area contributed by atoms with Gasteiger partial charge in [0.2, 0.25) is 0 Å². The van der Waals surface area contributed by atoms with Crippen LogP contribution in [0.1, 0.15) is 19.8 Å². The first-order valence-corrected chi connectivity index (χ1v) is 4.54. The van der Waals surface area contributed by atoms with E-state index < -0.39 is 0 Å². The lowest BCUT2D eigenvalue weighted by molar-refractivity contribution is -0.112. The second-order valence-electron chi connectivity index (χ2n) is 3.48. The highest BCUT2D eigenvalue weighted by Gasteiger charge is 2.24. The second-order valence-corrected chi connectivity index (χ2v) is 3.48. The van der Waals surface area contributed by atoms with Gasteiger partial charge in [-0.1, -0.05) is 25.2 Å². The Morgan fingerprint density at radius 2 is 2.42 bits per heavy atom. The number of aldehydes is 1. The molecule has 12 heavy (non-hydrogen) atoms. The van der Waals surface area contributed by atoms with Crippen LogP contribution in [0, 0.1) is 17.8 Å². The lowest BCUT2D eigenvalue weighted by Crippen LogP contribution is -2.22. The third kappa shape index (κ3) is 1.84. The fourth-order valence-corrected chi connectivity index (χ4v) is 1.76. The largest absolute Gasteiger partial charge is 0.303 e. The van der Waals surface area contributed by atoms with Gasteiger partial charge >= 0.3 is 0 Å². The van der Waals surface area contributed by atoms with Crippen molar-refractivity contribution < 1.29 is 4.79 Å². The summed E-state index contributed by atoms with van der Waals surface area (Å²) < 4.78 is 0. The molecular formula is C11H16O. The lowest BCUT2D eigenvalue weighted by Gasteiger charge is -2.26. The first-order valence-electron chi connectivity index (χ1n) is 4.54. The van der Waals surface area contributed by atoms with Crippen LogP contribution in [0.25, 0.3) is 0 Å². The van der Waals surface area contributed by atoms with Crippen molar-refractivity contribution >= 4 is 6.29 Å². The highest BCUT2D eigenvalue weighted by molar-refractivity contribution is 5.55. The molecule has 1 aliphatic carbocycles. The Kier molecular flexibility index (Phi) is 3.27. The summed E-state index contributed by atoms with van der Waals surface area (Å²) >= 11 is 0. The fraction of sp³-hybridized carbons (Fsp3) is 0.545.